The maximum atomic E-state index is 10.5. The van der Waals surface area contributed by atoms with Gasteiger partial charge in [-0.25, -0.2) is 4.98 Å². The van der Waals surface area contributed by atoms with Crippen molar-refractivity contribution in [1.82, 2.24) is 9.97 Å². The van der Waals surface area contributed by atoms with Crippen molar-refractivity contribution in [3.05, 3.63) is 150 Å². The number of para-hydroxylation sites is 1. The highest BCUT2D eigenvalue weighted by molar-refractivity contribution is 7.21. The fraction of sp³-hybridized carbons (Fsp3) is 0.130. The first-order valence-electron chi connectivity index (χ1n) is 17.2. The predicted molar refractivity (Wildman–Crippen MR) is 208 cm³/mol. The van der Waals surface area contributed by atoms with Crippen LogP contribution in [0.3, 0.4) is 0 Å². The summed E-state index contributed by atoms with van der Waals surface area (Å²) < 4.78 is 1.22. The van der Waals surface area contributed by atoms with E-state index in [1.54, 1.807) is 23.6 Å². The van der Waals surface area contributed by atoms with Crippen LogP contribution in [-0.2, 0) is 10.8 Å². The van der Waals surface area contributed by atoms with Crippen LogP contribution in [0.2, 0.25) is 0 Å². The molecule has 2 aromatic heterocycles. The third kappa shape index (κ3) is 4.03. The molecular weight excluding hydrogens is 629 g/mol. The lowest BCUT2D eigenvalue weighted by molar-refractivity contribution is 0.480. The second kappa shape index (κ2) is 10.2. The summed E-state index contributed by atoms with van der Waals surface area (Å²) in [7, 11) is 0. The smallest absolute Gasteiger partial charge is 0.141 e. The zero-order valence-electron chi connectivity index (χ0n) is 28.4. The number of thiazole rings is 1. The Labute approximate surface area is 295 Å². The molecule has 2 aliphatic rings. The first kappa shape index (κ1) is 29.3. The fourth-order valence-electron chi connectivity index (χ4n) is 8.77. The molecule has 0 saturated carbocycles. The molecule has 1 N–H and O–H groups in total. The van der Waals surface area contributed by atoms with Crippen LogP contribution in [0.4, 0.5) is 0 Å². The molecule has 10 rings (SSSR count). The van der Waals surface area contributed by atoms with E-state index in [4.69, 9.17) is 4.98 Å². The molecule has 50 heavy (non-hydrogen) atoms. The Morgan fingerprint density at radius 1 is 0.540 bits per heavy atom. The minimum Gasteiger partial charge on any atom is -0.506 e. The van der Waals surface area contributed by atoms with Crippen molar-refractivity contribution in [2.24, 2.45) is 0 Å². The molecule has 0 aliphatic heterocycles. The van der Waals surface area contributed by atoms with Gasteiger partial charge in [-0.3, -0.25) is 4.98 Å². The minimum atomic E-state index is -0.199. The molecule has 2 aliphatic carbocycles. The van der Waals surface area contributed by atoms with E-state index < -0.39 is 0 Å². The number of rotatable bonds is 3. The second-order valence-corrected chi connectivity index (χ2v) is 15.8. The van der Waals surface area contributed by atoms with Crippen LogP contribution in [0.25, 0.3) is 76.2 Å². The summed E-state index contributed by atoms with van der Waals surface area (Å²) in [6.45, 7) is 9.57. The Bertz CT molecular complexity index is 2680. The number of phenols is 1. The van der Waals surface area contributed by atoms with Gasteiger partial charge < -0.3 is 5.11 Å². The molecule has 0 bridgehead atoms. The van der Waals surface area contributed by atoms with Gasteiger partial charge in [-0.15, -0.1) is 11.3 Å². The number of pyridine rings is 1. The Kier molecular flexibility index (Phi) is 6.00. The van der Waals surface area contributed by atoms with Gasteiger partial charge in [0.25, 0.3) is 0 Å². The lowest BCUT2D eigenvalue weighted by Crippen LogP contribution is -2.24. The van der Waals surface area contributed by atoms with Crippen LogP contribution in [-0.4, -0.2) is 15.1 Å². The van der Waals surface area contributed by atoms with E-state index >= 15 is 0 Å². The van der Waals surface area contributed by atoms with E-state index in [1.165, 1.54) is 60.3 Å². The van der Waals surface area contributed by atoms with Gasteiger partial charge in [-0.1, -0.05) is 107 Å². The number of nitrogens with zero attached hydrogens (tertiary/aromatic N) is 2. The Hall–Kier alpha value is -5.58. The fourth-order valence-corrected chi connectivity index (χ4v) is 9.74. The standard InChI is InChI=1S/C46H34N2OS/c1-45(2)36-24-28(26-11-13-27(14-12-26)44-48-38-9-5-6-10-40(38)50-44)15-17-31(36)33-19-20-34-32-18-16-29(25-37(32)46(3,4)42(34)41(33)45)30-21-22-39(49)43-35(30)8-7-23-47-43/h5-25,49H,1-4H3. The summed E-state index contributed by atoms with van der Waals surface area (Å²) in [5.74, 6) is 0.209. The number of hydrogen-bond acceptors (Lipinski definition) is 4. The number of aromatic hydroxyl groups is 1. The first-order chi connectivity index (χ1) is 24.2. The van der Waals surface area contributed by atoms with E-state index in [1.807, 2.05) is 24.3 Å². The molecule has 0 spiro atoms. The maximum absolute atomic E-state index is 10.5. The highest BCUT2D eigenvalue weighted by atomic mass is 32.1. The number of hydrogen-bond donors (Lipinski definition) is 1. The normalized spacial score (nSPS) is 14.8. The molecule has 6 aromatic carbocycles. The van der Waals surface area contributed by atoms with Gasteiger partial charge in [0.1, 0.15) is 16.3 Å². The lowest BCUT2D eigenvalue weighted by Gasteiger charge is -2.31. The van der Waals surface area contributed by atoms with E-state index in [9.17, 15) is 5.11 Å². The third-order valence-electron chi connectivity index (χ3n) is 11.2. The van der Waals surface area contributed by atoms with Crippen LogP contribution in [0.1, 0.15) is 49.9 Å². The summed E-state index contributed by atoms with van der Waals surface area (Å²) in [4.78, 5) is 9.34. The highest BCUT2D eigenvalue weighted by Crippen LogP contribution is 2.59. The van der Waals surface area contributed by atoms with Gasteiger partial charge in [0, 0.05) is 28.0 Å². The molecule has 4 heteroatoms. The van der Waals surface area contributed by atoms with Gasteiger partial charge in [0.15, 0.2) is 0 Å². The summed E-state index contributed by atoms with van der Waals surface area (Å²) in [6, 6.07) is 43.6. The molecule has 0 saturated heterocycles. The molecule has 0 radical (unpaired) electrons. The Morgan fingerprint density at radius 2 is 1.12 bits per heavy atom. The molecule has 3 nitrogen and oxygen atoms in total. The summed E-state index contributed by atoms with van der Waals surface area (Å²) >= 11 is 1.74. The van der Waals surface area contributed by atoms with Crippen molar-refractivity contribution in [2.75, 3.05) is 0 Å². The number of aromatic nitrogens is 2. The summed E-state index contributed by atoms with van der Waals surface area (Å²) in [6.07, 6.45) is 1.73. The highest BCUT2D eigenvalue weighted by Gasteiger charge is 2.45. The zero-order valence-corrected chi connectivity index (χ0v) is 29.2. The number of phenolic OH excluding ortho intramolecular Hbond substituents is 1. The van der Waals surface area contributed by atoms with Gasteiger partial charge in [-0.2, -0.15) is 0 Å². The van der Waals surface area contributed by atoms with Crippen molar-refractivity contribution in [3.63, 3.8) is 0 Å². The molecular formula is C46H34N2OS. The molecule has 2 heterocycles. The molecule has 240 valence electrons. The van der Waals surface area contributed by atoms with E-state index in [-0.39, 0.29) is 16.6 Å². The predicted octanol–water partition coefficient (Wildman–Crippen LogP) is 12.2. The second-order valence-electron chi connectivity index (χ2n) is 14.8. The van der Waals surface area contributed by atoms with Gasteiger partial charge in [-0.05, 0) is 109 Å². The number of fused-ring (bicyclic) bond motifs is 9. The van der Waals surface area contributed by atoms with Gasteiger partial charge in [0.05, 0.1) is 10.2 Å². The van der Waals surface area contributed by atoms with Crippen LogP contribution in [0.5, 0.6) is 5.75 Å². The first-order valence-corrected chi connectivity index (χ1v) is 18.0. The summed E-state index contributed by atoms with van der Waals surface area (Å²) in [5.41, 5.74) is 18.0. The number of benzene rings is 6. The van der Waals surface area contributed by atoms with Gasteiger partial charge >= 0.3 is 0 Å². The lowest BCUT2D eigenvalue weighted by atomic mass is 9.72. The molecule has 0 atom stereocenters. The van der Waals surface area contributed by atoms with Crippen molar-refractivity contribution >= 4 is 32.5 Å². The van der Waals surface area contributed by atoms with Crippen LogP contribution in [0.15, 0.2) is 128 Å². The van der Waals surface area contributed by atoms with Crippen molar-refractivity contribution < 1.29 is 5.11 Å². The maximum Gasteiger partial charge on any atom is 0.141 e. The van der Waals surface area contributed by atoms with Crippen LogP contribution in [0, 0.1) is 0 Å². The average Bonchev–Trinajstić information content (AvgIpc) is 3.75. The SMILES string of the molecule is CC1(C)c2cc(-c3ccc(-c4nc5ccccc5s4)cc3)ccc2-c2ccc3c(c21)C(C)(C)c1cc(-c2ccc(O)c4ncccc24)ccc1-3. The Balaban J connectivity index is 1.04. The molecule has 0 fully saturated rings. The van der Waals surface area contributed by atoms with Crippen molar-refractivity contribution in [2.45, 2.75) is 38.5 Å². The third-order valence-corrected chi connectivity index (χ3v) is 12.3. The monoisotopic (exact) mass is 662 g/mol. The van der Waals surface area contributed by atoms with Gasteiger partial charge in [0.2, 0.25) is 0 Å². The van der Waals surface area contributed by atoms with Crippen LogP contribution >= 0.6 is 11.3 Å². The van der Waals surface area contributed by atoms with E-state index in [2.05, 4.69) is 124 Å². The van der Waals surface area contributed by atoms with E-state index in [0.717, 1.165) is 32.6 Å². The average molecular weight is 663 g/mol. The largest absolute Gasteiger partial charge is 0.506 e. The summed E-state index contributed by atoms with van der Waals surface area (Å²) in [5, 5.41) is 12.5. The molecule has 0 unspecified atom stereocenters. The quantitative estimate of drug-likeness (QED) is 0.205. The van der Waals surface area contributed by atoms with E-state index in [0.29, 0.717) is 5.52 Å². The Morgan fingerprint density at radius 3 is 1.82 bits per heavy atom. The van der Waals surface area contributed by atoms with Crippen LogP contribution < -0.4 is 0 Å². The molecule has 8 aromatic rings. The minimum absolute atomic E-state index is 0.173. The zero-order chi connectivity index (χ0) is 33.9. The van der Waals surface area contributed by atoms with Crippen molar-refractivity contribution in [3.8, 4) is 60.8 Å². The molecule has 0 amide bonds. The van der Waals surface area contributed by atoms with Crippen molar-refractivity contribution in [1.29, 1.82) is 0 Å². The topological polar surface area (TPSA) is 46.0 Å².